The van der Waals surface area contributed by atoms with E-state index in [4.69, 9.17) is 0 Å². The Morgan fingerprint density at radius 2 is 2.00 bits per heavy atom. The standard InChI is InChI=1S/C11H19N3O3/c1-7-10(16)12-9(11(17)13(3)4)5-6-14(7)8(2)15/h7,9H,5-6H2,1-4H3,(H,12,16)/t7-,9+/m1/s1. The Morgan fingerprint density at radius 1 is 1.41 bits per heavy atom. The summed E-state index contributed by atoms with van der Waals surface area (Å²) in [6, 6.07) is -1.06. The van der Waals surface area contributed by atoms with Crippen LogP contribution in [0.15, 0.2) is 0 Å². The predicted octanol–water partition coefficient (Wildman–Crippen LogP) is -0.800. The van der Waals surface area contributed by atoms with E-state index in [-0.39, 0.29) is 17.7 Å². The number of carbonyl (C=O) groups excluding carboxylic acids is 3. The Morgan fingerprint density at radius 3 is 2.47 bits per heavy atom. The molecular formula is C11H19N3O3. The van der Waals surface area contributed by atoms with E-state index in [0.29, 0.717) is 13.0 Å². The van der Waals surface area contributed by atoms with E-state index in [1.165, 1.54) is 16.7 Å². The number of carbonyl (C=O) groups is 3. The van der Waals surface area contributed by atoms with Crippen molar-refractivity contribution in [1.29, 1.82) is 0 Å². The van der Waals surface area contributed by atoms with Crippen molar-refractivity contribution in [3.63, 3.8) is 0 Å². The highest BCUT2D eigenvalue weighted by molar-refractivity contribution is 5.92. The quantitative estimate of drug-likeness (QED) is 0.653. The topological polar surface area (TPSA) is 69.7 Å². The fourth-order valence-corrected chi connectivity index (χ4v) is 1.89. The fraction of sp³-hybridized carbons (Fsp3) is 0.727. The van der Waals surface area contributed by atoms with Crippen molar-refractivity contribution in [1.82, 2.24) is 15.1 Å². The van der Waals surface area contributed by atoms with Crippen LogP contribution in [0.25, 0.3) is 0 Å². The van der Waals surface area contributed by atoms with Crippen LogP contribution in [0, 0.1) is 0 Å². The molecule has 96 valence electrons. The molecule has 1 heterocycles. The monoisotopic (exact) mass is 241 g/mol. The van der Waals surface area contributed by atoms with E-state index < -0.39 is 12.1 Å². The lowest BCUT2D eigenvalue weighted by atomic mass is 10.2. The third kappa shape index (κ3) is 2.95. The summed E-state index contributed by atoms with van der Waals surface area (Å²) < 4.78 is 0. The van der Waals surface area contributed by atoms with Crippen molar-refractivity contribution in [2.24, 2.45) is 0 Å². The Labute approximate surface area is 101 Å². The molecule has 0 radical (unpaired) electrons. The number of amides is 3. The van der Waals surface area contributed by atoms with Gasteiger partial charge in [-0.3, -0.25) is 14.4 Å². The molecule has 3 amide bonds. The molecule has 0 aromatic heterocycles. The molecule has 17 heavy (non-hydrogen) atoms. The highest BCUT2D eigenvalue weighted by atomic mass is 16.2. The summed E-state index contributed by atoms with van der Waals surface area (Å²) in [4.78, 5) is 37.9. The first-order valence-corrected chi connectivity index (χ1v) is 5.63. The Hall–Kier alpha value is -1.59. The highest BCUT2D eigenvalue weighted by Crippen LogP contribution is 2.10. The largest absolute Gasteiger partial charge is 0.347 e. The summed E-state index contributed by atoms with van der Waals surface area (Å²) in [5, 5.41) is 2.67. The molecular weight excluding hydrogens is 222 g/mol. The molecule has 1 fully saturated rings. The molecule has 1 N–H and O–H groups in total. The van der Waals surface area contributed by atoms with Gasteiger partial charge >= 0.3 is 0 Å². The zero-order chi connectivity index (χ0) is 13.2. The molecule has 1 rings (SSSR count). The van der Waals surface area contributed by atoms with E-state index in [9.17, 15) is 14.4 Å². The van der Waals surface area contributed by atoms with Crippen LogP contribution in [0.4, 0.5) is 0 Å². The average molecular weight is 241 g/mol. The molecule has 1 aliphatic rings. The van der Waals surface area contributed by atoms with Crippen molar-refractivity contribution in [3.8, 4) is 0 Å². The fourth-order valence-electron chi connectivity index (χ4n) is 1.89. The first kappa shape index (κ1) is 13.5. The zero-order valence-corrected chi connectivity index (χ0v) is 10.7. The molecule has 1 saturated heterocycles. The van der Waals surface area contributed by atoms with Gasteiger partial charge in [0, 0.05) is 27.6 Å². The smallest absolute Gasteiger partial charge is 0.244 e. The summed E-state index contributed by atoms with van der Waals surface area (Å²) in [6.07, 6.45) is 0.451. The van der Waals surface area contributed by atoms with Gasteiger partial charge in [-0.05, 0) is 13.3 Å². The minimum atomic E-state index is -0.538. The third-order valence-electron chi connectivity index (χ3n) is 2.97. The van der Waals surface area contributed by atoms with Crippen LogP contribution in [0.2, 0.25) is 0 Å². The van der Waals surface area contributed by atoms with Crippen LogP contribution >= 0.6 is 0 Å². The summed E-state index contributed by atoms with van der Waals surface area (Å²) in [6.45, 7) is 3.51. The van der Waals surface area contributed by atoms with Crippen molar-refractivity contribution >= 4 is 17.7 Å². The minimum Gasteiger partial charge on any atom is -0.347 e. The molecule has 0 spiro atoms. The van der Waals surface area contributed by atoms with Gasteiger partial charge in [-0.1, -0.05) is 0 Å². The van der Waals surface area contributed by atoms with Gasteiger partial charge in [-0.15, -0.1) is 0 Å². The van der Waals surface area contributed by atoms with E-state index in [1.54, 1.807) is 21.0 Å². The first-order chi connectivity index (χ1) is 7.84. The Balaban J connectivity index is 2.82. The molecule has 1 aliphatic heterocycles. The van der Waals surface area contributed by atoms with Gasteiger partial charge in [0.05, 0.1) is 0 Å². The van der Waals surface area contributed by atoms with E-state index >= 15 is 0 Å². The van der Waals surface area contributed by atoms with E-state index in [1.807, 2.05) is 0 Å². The summed E-state index contributed by atoms with van der Waals surface area (Å²) in [5.41, 5.74) is 0. The van der Waals surface area contributed by atoms with Crippen LogP contribution in [0.1, 0.15) is 20.3 Å². The van der Waals surface area contributed by atoms with Crippen LogP contribution in [0.3, 0.4) is 0 Å². The van der Waals surface area contributed by atoms with Crippen molar-refractivity contribution in [3.05, 3.63) is 0 Å². The van der Waals surface area contributed by atoms with Crippen LogP contribution < -0.4 is 5.32 Å². The SMILES string of the molecule is CC(=O)N1CC[C@@H](C(=O)N(C)C)NC(=O)[C@H]1C. The van der Waals surface area contributed by atoms with Gasteiger partial charge in [0.1, 0.15) is 12.1 Å². The molecule has 0 aromatic carbocycles. The maximum absolute atomic E-state index is 11.8. The lowest BCUT2D eigenvalue weighted by molar-refractivity contribution is -0.137. The van der Waals surface area contributed by atoms with Crippen molar-refractivity contribution in [2.75, 3.05) is 20.6 Å². The minimum absolute atomic E-state index is 0.143. The second-order valence-corrected chi connectivity index (χ2v) is 4.47. The zero-order valence-electron chi connectivity index (χ0n) is 10.7. The van der Waals surface area contributed by atoms with Crippen LogP contribution in [-0.4, -0.2) is 60.2 Å². The Bertz CT molecular complexity index is 341. The Kier molecular flexibility index (Phi) is 4.09. The first-order valence-electron chi connectivity index (χ1n) is 5.63. The second kappa shape index (κ2) is 5.16. The number of hydrogen-bond donors (Lipinski definition) is 1. The van der Waals surface area contributed by atoms with Crippen molar-refractivity contribution < 1.29 is 14.4 Å². The van der Waals surface area contributed by atoms with Gasteiger partial charge in [0.15, 0.2) is 0 Å². The predicted molar refractivity (Wildman–Crippen MR) is 62.1 cm³/mol. The molecule has 0 unspecified atom stereocenters. The van der Waals surface area contributed by atoms with Crippen LogP contribution in [0.5, 0.6) is 0 Å². The highest BCUT2D eigenvalue weighted by Gasteiger charge is 2.32. The second-order valence-electron chi connectivity index (χ2n) is 4.47. The van der Waals surface area contributed by atoms with Gasteiger partial charge in [0.2, 0.25) is 17.7 Å². The van der Waals surface area contributed by atoms with E-state index in [2.05, 4.69) is 5.32 Å². The molecule has 2 atom stereocenters. The molecule has 6 nitrogen and oxygen atoms in total. The number of hydrogen-bond acceptors (Lipinski definition) is 3. The number of nitrogens with one attached hydrogen (secondary N) is 1. The van der Waals surface area contributed by atoms with Gasteiger partial charge in [-0.25, -0.2) is 0 Å². The van der Waals surface area contributed by atoms with E-state index in [0.717, 1.165) is 0 Å². The lowest BCUT2D eigenvalue weighted by Gasteiger charge is -2.23. The van der Waals surface area contributed by atoms with Crippen LogP contribution in [-0.2, 0) is 14.4 Å². The lowest BCUT2D eigenvalue weighted by Crippen LogP contribution is -2.48. The third-order valence-corrected chi connectivity index (χ3v) is 2.97. The number of nitrogens with zero attached hydrogens (tertiary/aromatic N) is 2. The number of likely N-dealkylation sites (N-methyl/N-ethyl adjacent to an activating group) is 1. The van der Waals surface area contributed by atoms with Crippen molar-refractivity contribution in [2.45, 2.75) is 32.4 Å². The molecule has 0 bridgehead atoms. The van der Waals surface area contributed by atoms with Gasteiger partial charge in [-0.2, -0.15) is 0 Å². The summed E-state index contributed by atoms with van der Waals surface area (Å²) >= 11 is 0. The number of rotatable bonds is 1. The maximum Gasteiger partial charge on any atom is 0.244 e. The maximum atomic E-state index is 11.8. The van der Waals surface area contributed by atoms with Gasteiger partial charge in [0.25, 0.3) is 0 Å². The summed E-state index contributed by atoms with van der Waals surface area (Å²) in [7, 11) is 3.29. The molecule has 0 aromatic rings. The average Bonchev–Trinajstić information content (AvgIpc) is 2.38. The normalized spacial score (nSPS) is 24.9. The molecule has 0 aliphatic carbocycles. The van der Waals surface area contributed by atoms with Gasteiger partial charge < -0.3 is 15.1 Å². The molecule has 6 heteroatoms. The molecule has 0 saturated carbocycles. The summed E-state index contributed by atoms with van der Waals surface area (Å²) in [5.74, 6) is -0.570.